The SMILES string of the molecule is CCCCCOc1ccc(C2/C(=C(\O)c3ccc4c(c3)CC(C)O4)C(=O)C(=O)N2c2nc3ccc(OCC)cc3s2)cc1OC. The van der Waals surface area contributed by atoms with Crippen molar-refractivity contribution < 1.29 is 33.6 Å². The zero-order valence-electron chi connectivity index (χ0n) is 25.8. The monoisotopic (exact) mass is 628 g/mol. The topological polar surface area (TPSA) is 107 Å². The van der Waals surface area contributed by atoms with Crippen LogP contribution in [0, 0.1) is 0 Å². The van der Waals surface area contributed by atoms with Crippen molar-refractivity contribution in [3.63, 3.8) is 0 Å². The first-order chi connectivity index (χ1) is 21.8. The number of amides is 1. The molecule has 2 aliphatic heterocycles. The van der Waals surface area contributed by atoms with Crippen molar-refractivity contribution in [2.75, 3.05) is 25.2 Å². The zero-order valence-corrected chi connectivity index (χ0v) is 26.6. The first-order valence-corrected chi connectivity index (χ1v) is 16.1. The molecule has 6 rings (SSSR count). The second kappa shape index (κ2) is 12.8. The summed E-state index contributed by atoms with van der Waals surface area (Å²) in [4.78, 5) is 33.8. The van der Waals surface area contributed by atoms with Crippen LogP contribution in [-0.4, -0.2) is 48.2 Å². The van der Waals surface area contributed by atoms with Crippen molar-refractivity contribution in [3.05, 3.63) is 76.9 Å². The van der Waals surface area contributed by atoms with Crippen LogP contribution in [0.3, 0.4) is 0 Å². The number of methoxy groups -OCH3 is 1. The molecule has 234 valence electrons. The lowest BCUT2D eigenvalue weighted by molar-refractivity contribution is -0.132. The molecule has 2 aliphatic rings. The lowest BCUT2D eigenvalue weighted by Gasteiger charge is -2.24. The number of benzene rings is 3. The number of aliphatic hydroxyl groups is 1. The number of unbranched alkanes of at least 4 members (excludes halogenated alkanes) is 2. The van der Waals surface area contributed by atoms with E-state index in [1.165, 1.54) is 16.2 Å². The maximum absolute atomic E-state index is 13.8. The molecule has 3 aromatic carbocycles. The Morgan fingerprint density at radius 2 is 1.89 bits per heavy atom. The van der Waals surface area contributed by atoms with E-state index in [0.29, 0.717) is 58.7 Å². The number of ketones is 1. The summed E-state index contributed by atoms with van der Waals surface area (Å²) in [6.07, 6.45) is 3.74. The van der Waals surface area contributed by atoms with Gasteiger partial charge in [-0.05, 0) is 79.9 Å². The van der Waals surface area contributed by atoms with Crippen LogP contribution in [0.25, 0.3) is 16.0 Å². The summed E-state index contributed by atoms with van der Waals surface area (Å²) in [5.74, 6) is 0.624. The Morgan fingerprint density at radius 1 is 1.04 bits per heavy atom. The number of rotatable bonds is 11. The number of carbonyl (C=O) groups is 2. The van der Waals surface area contributed by atoms with Gasteiger partial charge in [-0.15, -0.1) is 0 Å². The lowest BCUT2D eigenvalue weighted by Crippen LogP contribution is -2.29. The molecule has 3 heterocycles. The van der Waals surface area contributed by atoms with Crippen LogP contribution in [0.15, 0.2) is 60.2 Å². The van der Waals surface area contributed by atoms with Crippen molar-refractivity contribution >= 4 is 44.1 Å². The van der Waals surface area contributed by atoms with Crippen molar-refractivity contribution in [1.29, 1.82) is 0 Å². The van der Waals surface area contributed by atoms with Crippen LogP contribution in [0.1, 0.15) is 62.8 Å². The van der Waals surface area contributed by atoms with Gasteiger partial charge in [-0.1, -0.05) is 37.2 Å². The highest BCUT2D eigenvalue weighted by atomic mass is 32.1. The molecule has 2 unspecified atom stereocenters. The van der Waals surface area contributed by atoms with Gasteiger partial charge in [0.2, 0.25) is 0 Å². The van der Waals surface area contributed by atoms with E-state index in [2.05, 4.69) is 6.92 Å². The highest BCUT2D eigenvalue weighted by molar-refractivity contribution is 7.22. The van der Waals surface area contributed by atoms with Gasteiger partial charge in [-0.25, -0.2) is 4.98 Å². The van der Waals surface area contributed by atoms with Crippen LogP contribution < -0.4 is 23.8 Å². The van der Waals surface area contributed by atoms with E-state index in [9.17, 15) is 14.7 Å². The number of carbonyl (C=O) groups excluding carboxylic acids is 2. The summed E-state index contributed by atoms with van der Waals surface area (Å²) in [6.45, 7) is 7.07. The Kier molecular flexibility index (Phi) is 8.67. The minimum Gasteiger partial charge on any atom is -0.507 e. The Hall–Kier alpha value is -4.57. The second-order valence-corrected chi connectivity index (χ2v) is 12.2. The van der Waals surface area contributed by atoms with E-state index in [0.717, 1.165) is 35.3 Å². The molecule has 0 aliphatic carbocycles. The highest BCUT2D eigenvalue weighted by Crippen LogP contribution is 2.46. The summed E-state index contributed by atoms with van der Waals surface area (Å²) >= 11 is 1.28. The van der Waals surface area contributed by atoms with E-state index >= 15 is 0 Å². The molecule has 0 saturated carbocycles. The third-order valence-corrected chi connectivity index (χ3v) is 9.01. The maximum Gasteiger partial charge on any atom is 0.301 e. The van der Waals surface area contributed by atoms with E-state index in [4.69, 9.17) is 23.9 Å². The molecule has 1 amide bonds. The first kappa shape index (κ1) is 30.5. The van der Waals surface area contributed by atoms with Crippen LogP contribution in [0.4, 0.5) is 5.13 Å². The summed E-state index contributed by atoms with van der Waals surface area (Å²) in [7, 11) is 1.55. The molecular formula is C35H36N2O7S. The van der Waals surface area contributed by atoms with Gasteiger partial charge in [0, 0.05) is 12.0 Å². The normalized spacial score (nSPS) is 18.7. The highest BCUT2D eigenvalue weighted by Gasteiger charge is 2.48. The largest absolute Gasteiger partial charge is 0.507 e. The number of hydrogen-bond acceptors (Lipinski definition) is 9. The van der Waals surface area contributed by atoms with E-state index < -0.39 is 17.7 Å². The number of fused-ring (bicyclic) bond motifs is 2. The van der Waals surface area contributed by atoms with E-state index in [1.54, 1.807) is 37.4 Å². The average Bonchev–Trinajstić information content (AvgIpc) is 3.70. The summed E-state index contributed by atoms with van der Waals surface area (Å²) in [5, 5.41) is 12.1. The molecule has 0 bridgehead atoms. The van der Waals surface area contributed by atoms with Gasteiger partial charge in [0.15, 0.2) is 16.6 Å². The van der Waals surface area contributed by atoms with Gasteiger partial charge in [0.1, 0.15) is 23.4 Å². The fourth-order valence-corrected chi connectivity index (χ4v) is 6.85. The molecule has 0 spiro atoms. The molecule has 9 nitrogen and oxygen atoms in total. The quantitative estimate of drug-likeness (QED) is 0.0803. The number of nitrogens with zero attached hydrogens (tertiary/aromatic N) is 2. The molecule has 1 N–H and O–H groups in total. The number of aliphatic hydroxyl groups excluding tert-OH is 1. The van der Waals surface area contributed by atoms with Gasteiger partial charge >= 0.3 is 5.91 Å². The van der Waals surface area contributed by atoms with Crippen molar-refractivity contribution in [3.8, 4) is 23.0 Å². The summed E-state index contributed by atoms with van der Waals surface area (Å²) in [5.41, 5.74) is 2.57. The van der Waals surface area contributed by atoms with Gasteiger partial charge < -0.3 is 24.1 Å². The van der Waals surface area contributed by atoms with Crippen molar-refractivity contribution in [1.82, 2.24) is 4.98 Å². The number of ether oxygens (including phenoxy) is 4. The second-order valence-electron chi connectivity index (χ2n) is 11.1. The summed E-state index contributed by atoms with van der Waals surface area (Å²) in [6, 6.07) is 15.2. The average molecular weight is 629 g/mol. The predicted molar refractivity (Wildman–Crippen MR) is 174 cm³/mol. The minimum absolute atomic E-state index is 0.0143. The molecule has 4 aromatic rings. The third kappa shape index (κ3) is 5.82. The molecule has 1 fully saturated rings. The predicted octanol–water partition coefficient (Wildman–Crippen LogP) is 7.22. The van der Waals surface area contributed by atoms with E-state index in [1.807, 2.05) is 38.1 Å². The van der Waals surface area contributed by atoms with Gasteiger partial charge in [0.05, 0.1) is 42.2 Å². The molecule has 2 atom stereocenters. The van der Waals surface area contributed by atoms with Gasteiger partial charge in [-0.2, -0.15) is 0 Å². The third-order valence-electron chi connectivity index (χ3n) is 7.99. The fourth-order valence-electron chi connectivity index (χ4n) is 5.83. The van der Waals surface area contributed by atoms with Crippen LogP contribution in [-0.2, 0) is 16.0 Å². The molecule has 0 radical (unpaired) electrons. The van der Waals surface area contributed by atoms with Crippen LogP contribution >= 0.6 is 11.3 Å². The number of thiazole rings is 1. The fraction of sp³-hybridized carbons (Fsp3) is 0.343. The summed E-state index contributed by atoms with van der Waals surface area (Å²) < 4.78 is 24.0. The minimum atomic E-state index is -0.969. The van der Waals surface area contributed by atoms with Gasteiger partial charge in [-0.3, -0.25) is 14.5 Å². The standard InChI is InChI=1S/C35H36N2O7S/c1-5-7-8-15-43-27-14-9-21(18-28(27)41-4)31-30(32(38)22-10-13-26-23(17-22)16-20(3)44-26)33(39)34(40)37(31)35-36-25-12-11-24(42-6-2)19-29(25)45-35/h9-14,17-20,31,38H,5-8,15-16H2,1-4H3/b32-30+. The molecule has 10 heteroatoms. The Morgan fingerprint density at radius 3 is 2.67 bits per heavy atom. The maximum atomic E-state index is 13.8. The number of anilines is 1. The first-order valence-electron chi connectivity index (χ1n) is 15.3. The molecule has 45 heavy (non-hydrogen) atoms. The Labute approximate surface area is 266 Å². The Balaban J connectivity index is 1.47. The van der Waals surface area contributed by atoms with Gasteiger partial charge in [0.25, 0.3) is 5.78 Å². The van der Waals surface area contributed by atoms with Crippen LogP contribution in [0.5, 0.6) is 23.0 Å². The molecule has 1 saturated heterocycles. The van der Waals surface area contributed by atoms with Crippen molar-refractivity contribution in [2.24, 2.45) is 0 Å². The number of aromatic nitrogens is 1. The van der Waals surface area contributed by atoms with Crippen molar-refractivity contribution in [2.45, 2.75) is 58.6 Å². The number of hydrogen-bond donors (Lipinski definition) is 1. The van der Waals surface area contributed by atoms with E-state index in [-0.39, 0.29) is 17.4 Å². The van der Waals surface area contributed by atoms with Crippen LogP contribution in [0.2, 0.25) is 0 Å². The molecule has 1 aromatic heterocycles. The smallest absolute Gasteiger partial charge is 0.301 e. The molecular weight excluding hydrogens is 592 g/mol. The lowest BCUT2D eigenvalue weighted by atomic mass is 9.94. The zero-order chi connectivity index (χ0) is 31.7. The Bertz CT molecular complexity index is 1800. The number of Topliss-reactive ketones (excluding diaryl/α,β-unsaturated/α-hetero) is 1.